The van der Waals surface area contributed by atoms with E-state index >= 15 is 0 Å². The number of aromatic nitrogens is 1. The predicted octanol–water partition coefficient (Wildman–Crippen LogP) is 4.86. The van der Waals surface area contributed by atoms with Crippen LogP contribution in [-0.2, 0) is 4.74 Å². The molecule has 2 atom stereocenters. The second kappa shape index (κ2) is 6.92. The molecule has 1 heterocycles. The maximum Gasteiger partial charge on any atom is 0.407 e. The number of hydrogen-bond donors (Lipinski definition) is 2. The minimum atomic E-state index is -0.482. The quantitative estimate of drug-likeness (QED) is 0.818. The molecule has 0 unspecified atom stereocenters. The second-order valence-electron chi connectivity index (χ2n) is 7.21. The molecule has 0 bridgehead atoms. The van der Waals surface area contributed by atoms with Gasteiger partial charge in [0.15, 0.2) is 0 Å². The van der Waals surface area contributed by atoms with Gasteiger partial charge in [-0.15, -0.1) is 0 Å². The van der Waals surface area contributed by atoms with Gasteiger partial charge in [0.25, 0.3) is 0 Å². The summed E-state index contributed by atoms with van der Waals surface area (Å²) in [5.74, 6) is 1.04. The molecule has 2 N–H and O–H groups in total. The van der Waals surface area contributed by atoms with Crippen LogP contribution in [0.5, 0.6) is 0 Å². The van der Waals surface area contributed by atoms with Gasteiger partial charge < -0.3 is 15.4 Å². The summed E-state index contributed by atoms with van der Waals surface area (Å²) >= 11 is 5.98. The van der Waals surface area contributed by atoms with Crippen molar-refractivity contribution in [3.05, 3.63) is 53.2 Å². The number of hydrogen-bond acceptors (Lipinski definition) is 4. The average Bonchev–Trinajstić information content (AvgIpc) is 3.25. The lowest BCUT2D eigenvalue weighted by Crippen LogP contribution is -2.34. The Kier molecular flexibility index (Phi) is 4.86. The van der Waals surface area contributed by atoms with Gasteiger partial charge >= 0.3 is 6.09 Å². The zero-order valence-corrected chi connectivity index (χ0v) is 15.3. The van der Waals surface area contributed by atoms with E-state index in [2.05, 4.69) is 15.6 Å². The van der Waals surface area contributed by atoms with Gasteiger partial charge in [-0.25, -0.2) is 9.78 Å². The van der Waals surface area contributed by atoms with Crippen LogP contribution in [0.25, 0.3) is 0 Å². The molecule has 2 aromatic rings. The molecule has 0 radical (unpaired) electrons. The average molecular weight is 360 g/mol. The van der Waals surface area contributed by atoms with Crippen LogP contribution in [0.4, 0.5) is 16.3 Å². The normalized spacial score (nSPS) is 19.2. The SMILES string of the molecule is CC(C)(C)OC(=O)N[C@@H]1C[C@H]1c1ccc(Nc2cccc(Cl)c2)nc1. The molecule has 0 spiro atoms. The van der Waals surface area contributed by atoms with Crippen molar-refractivity contribution in [3.63, 3.8) is 0 Å². The Labute approximate surface area is 152 Å². The van der Waals surface area contributed by atoms with E-state index in [9.17, 15) is 4.79 Å². The van der Waals surface area contributed by atoms with Crippen molar-refractivity contribution in [2.24, 2.45) is 0 Å². The highest BCUT2D eigenvalue weighted by Gasteiger charge is 2.40. The molecule has 1 amide bonds. The van der Waals surface area contributed by atoms with Crippen LogP contribution in [0.15, 0.2) is 42.6 Å². The van der Waals surface area contributed by atoms with Gasteiger partial charge in [0.2, 0.25) is 0 Å². The summed E-state index contributed by atoms with van der Waals surface area (Å²) in [5.41, 5.74) is 1.52. The summed E-state index contributed by atoms with van der Waals surface area (Å²) in [7, 11) is 0. The number of carbonyl (C=O) groups is 1. The fourth-order valence-corrected chi connectivity index (χ4v) is 2.78. The number of alkyl carbamates (subject to hydrolysis) is 1. The van der Waals surface area contributed by atoms with Crippen molar-refractivity contribution >= 4 is 29.2 Å². The first-order valence-electron chi connectivity index (χ1n) is 8.28. The number of anilines is 2. The number of pyridine rings is 1. The molecule has 0 aliphatic heterocycles. The van der Waals surface area contributed by atoms with Gasteiger partial charge in [0.1, 0.15) is 11.4 Å². The van der Waals surface area contributed by atoms with Crippen molar-refractivity contribution in [1.82, 2.24) is 10.3 Å². The van der Waals surface area contributed by atoms with Gasteiger partial charge in [-0.3, -0.25) is 0 Å². The highest BCUT2D eigenvalue weighted by Crippen LogP contribution is 2.40. The molecule has 6 heteroatoms. The highest BCUT2D eigenvalue weighted by atomic mass is 35.5. The van der Waals surface area contributed by atoms with E-state index in [1.165, 1.54) is 0 Å². The molecule has 25 heavy (non-hydrogen) atoms. The largest absolute Gasteiger partial charge is 0.444 e. The Morgan fingerprint density at radius 1 is 1.28 bits per heavy atom. The molecule has 1 aliphatic carbocycles. The molecule has 1 aromatic heterocycles. The predicted molar refractivity (Wildman–Crippen MR) is 99.5 cm³/mol. The maximum atomic E-state index is 11.8. The van der Waals surface area contributed by atoms with Crippen LogP contribution in [0, 0.1) is 0 Å². The smallest absolute Gasteiger partial charge is 0.407 e. The molecule has 1 fully saturated rings. The zero-order chi connectivity index (χ0) is 18.0. The van der Waals surface area contributed by atoms with Crippen molar-refractivity contribution < 1.29 is 9.53 Å². The molecule has 3 rings (SSSR count). The molecular formula is C19H22ClN3O2. The van der Waals surface area contributed by atoms with E-state index < -0.39 is 5.60 Å². The van der Waals surface area contributed by atoms with Crippen LogP contribution in [0.3, 0.4) is 0 Å². The number of nitrogens with one attached hydrogen (secondary N) is 2. The number of benzene rings is 1. The first kappa shape index (κ1) is 17.5. The fraction of sp³-hybridized carbons (Fsp3) is 0.368. The summed E-state index contributed by atoms with van der Waals surface area (Å²) < 4.78 is 5.28. The molecule has 1 aromatic carbocycles. The van der Waals surface area contributed by atoms with Crippen LogP contribution in [0.1, 0.15) is 38.7 Å². The maximum absolute atomic E-state index is 11.8. The fourth-order valence-electron chi connectivity index (χ4n) is 2.59. The monoisotopic (exact) mass is 359 g/mol. The lowest BCUT2D eigenvalue weighted by atomic mass is 10.2. The van der Waals surface area contributed by atoms with Gasteiger partial charge in [0.05, 0.1) is 0 Å². The molecule has 0 saturated heterocycles. The van der Waals surface area contributed by atoms with E-state index in [4.69, 9.17) is 16.3 Å². The van der Waals surface area contributed by atoms with E-state index in [1.807, 2.05) is 63.4 Å². The van der Waals surface area contributed by atoms with Crippen LogP contribution < -0.4 is 10.6 Å². The summed E-state index contributed by atoms with van der Waals surface area (Å²) in [6.07, 6.45) is 2.38. The molecule has 132 valence electrons. The molecular weight excluding hydrogens is 338 g/mol. The van der Waals surface area contributed by atoms with E-state index in [1.54, 1.807) is 0 Å². The third kappa shape index (κ3) is 5.10. The Morgan fingerprint density at radius 3 is 2.72 bits per heavy atom. The first-order chi connectivity index (χ1) is 11.8. The Balaban J connectivity index is 1.54. The number of rotatable bonds is 4. The van der Waals surface area contributed by atoms with Gasteiger partial charge in [-0.05, 0) is 57.0 Å². The Bertz CT molecular complexity index is 756. The third-order valence-electron chi connectivity index (χ3n) is 3.80. The van der Waals surface area contributed by atoms with Crippen molar-refractivity contribution in [3.8, 4) is 0 Å². The van der Waals surface area contributed by atoms with E-state index in [-0.39, 0.29) is 12.1 Å². The number of amides is 1. The number of ether oxygens (including phenoxy) is 1. The summed E-state index contributed by atoms with van der Waals surface area (Å²) in [6.45, 7) is 5.56. The van der Waals surface area contributed by atoms with Crippen LogP contribution in [-0.4, -0.2) is 22.7 Å². The highest BCUT2D eigenvalue weighted by molar-refractivity contribution is 6.30. The van der Waals surface area contributed by atoms with Crippen molar-refractivity contribution in [2.45, 2.75) is 44.8 Å². The third-order valence-corrected chi connectivity index (χ3v) is 4.04. The second-order valence-corrected chi connectivity index (χ2v) is 7.64. The van der Waals surface area contributed by atoms with Crippen LogP contribution in [0.2, 0.25) is 5.02 Å². The Morgan fingerprint density at radius 2 is 2.08 bits per heavy atom. The van der Waals surface area contributed by atoms with Crippen molar-refractivity contribution in [2.75, 3.05) is 5.32 Å². The minimum absolute atomic E-state index is 0.114. The molecule has 1 aliphatic rings. The number of nitrogens with zero attached hydrogens (tertiary/aromatic N) is 1. The van der Waals surface area contributed by atoms with Crippen LogP contribution >= 0.6 is 11.6 Å². The number of carbonyl (C=O) groups excluding carboxylic acids is 1. The number of halogens is 1. The first-order valence-corrected chi connectivity index (χ1v) is 8.66. The van der Waals surface area contributed by atoms with E-state index in [0.717, 1.165) is 23.5 Å². The zero-order valence-electron chi connectivity index (χ0n) is 14.5. The van der Waals surface area contributed by atoms with Crippen molar-refractivity contribution in [1.29, 1.82) is 0 Å². The standard InChI is InChI=1S/C19H22ClN3O2/c1-19(2,3)25-18(24)23-16-10-15(16)12-7-8-17(21-11-12)22-14-6-4-5-13(20)9-14/h4-9,11,15-16H,10H2,1-3H3,(H,21,22)(H,23,24)/t15-,16+/m0/s1. The van der Waals surface area contributed by atoms with Gasteiger partial charge in [-0.1, -0.05) is 23.7 Å². The minimum Gasteiger partial charge on any atom is -0.444 e. The Hall–Kier alpha value is -2.27. The summed E-state index contributed by atoms with van der Waals surface area (Å²) in [6, 6.07) is 11.6. The molecule has 1 saturated carbocycles. The van der Waals surface area contributed by atoms with E-state index in [0.29, 0.717) is 10.9 Å². The molecule has 5 nitrogen and oxygen atoms in total. The van der Waals surface area contributed by atoms with Gasteiger partial charge in [0, 0.05) is 28.9 Å². The summed E-state index contributed by atoms with van der Waals surface area (Å²) in [5, 5.41) is 6.79. The van der Waals surface area contributed by atoms with Gasteiger partial charge in [-0.2, -0.15) is 0 Å². The lowest BCUT2D eigenvalue weighted by molar-refractivity contribution is 0.0523. The summed E-state index contributed by atoms with van der Waals surface area (Å²) in [4.78, 5) is 16.2. The lowest BCUT2D eigenvalue weighted by Gasteiger charge is -2.19. The topological polar surface area (TPSA) is 63.2 Å².